The Balaban J connectivity index is -0.0000000591. The van der Waals surface area contributed by atoms with E-state index in [9.17, 15) is 0 Å². The Bertz CT molecular complexity index is 211. The number of hydrogen-bond acceptors (Lipinski definition) is 13. The number of rotatable bonds is 0. The number of hydrogen-bond donors (Lipinski definition) is 12. The molecule has 12 N–H and O–H groups in total. The standard InChI is InChI=1S/C5H4N.4BH3O3.Na/c1-2-4-6-5-3-1;4*2-1(3)4;/h1-4H;4*2-4H;/q-1;;;;;+1. The maximum atomic E-state index is 7.17. The van der Waals surface area contributed by atoms with Crippen molar-refractivity contribution in [2.24, 2.45) is 0 Å². The molecule has 0 saturated carbocycles. The Labute approximate surface area is 154 Å². The molecular weight excluding hydrogens is 332 g/mol. The molecule has 0 saturated heterocycles. The minimum absolute atomic E-state index is 0. The summed E-state index contributed by atoms with van der Waals surface area (Å²) in [7, 11) is -8.67. The Morgan fingerprint density at radius 1 is 0.565 bits per heavy atom. The number of aromatic nitrogens is 1. The Morgan fingerprint density at radius 3 is 0.870 bits per heavy atom. The van der Waals surface area contributed by atoms with E-state index in [0.29, 0.717) is 0 Å². The molecule has 0 atom stereocenters. The fourth-order valence-corrected chi connectivity index (χ4v) is 0.277. The van der Waals surface area contributed by atoms with E-state index in [4.69, 9.17) is 60.3 Å². The number of nitrogens with zero attached hydrogens (tertiary/aromatic N) is 1. The smallest absolute Gasteiger partial charge is 0.402 e. The van der Waals surface area contributed by atoms with Crippen molar-refractivity contribution in [1.82, 2.24) is 4.98 Å². The summed E-state index contributed by atoms with van der Waals surface area (Å²) < 4.78 is 0. The predicted molar refractivity (Wildman–Crippen MR) is 72.7 cm³/mol. The van der Waals surface area contributed by atoms with E-state index in [0.717, 1.165) is 0 Å². The predicted octanol–water partition coefficient (Wildman–Crippen LogP) is -10.3. The molecule has 0 bridgehead atoms. The van der Waals surface area contributed by atoms with E-state index in [-0.39, 0.29) is 29.6 Å². The second-order valence-electron chi connectivity index (χ2n) is 2.34. The van der Waals surface area contributed by atoms with Crippen LogP contribution in [0.2, 0.25) is 0 Å². The average Bonchev–Trinajstić information content (AvgIpc) is 2.28. The van der Waals surface area contributed by atoms with Crippen LogP contribution in [0.4, 0.5) is 0 Å². The van der Waals surface area contributed by atoms with Crippen molar-refractivity contribution in [3.8, 4) is 0 Å². The van der Waals surface area contributed by atoms with Gasteiger partial charge < -0.3 is 65.3 Å². The molecule has 0 radical (unpaired) electrons. The summed E-state index contributed by atoms with van der Waals surface area (Å²) in [4.78, 5) is 3.66. The van der Waals surface area contributed by atoms with E-state index in [2.05, 4.69) is 11.2 Å². The van der Waals surface area contributed by atoms with E-state index in [1.54, 1.807) is 12.3 Å². The van der Waals surface area contributed by atoms with Crippen molar-refractivity contribution in [3.63, 3.8) is 0 Å². The van der Waals surface area contributed by atoms with Crippen LogP contribution in [-0.4, -0.2) is 94.6 Å². The summed E-state index contributed by atoms with van der Waals surface area (Å²) in [5.74, 6) is 0. The maximum absolute atomic E-state index is 7.17. The van der Waals surface area contributed by atoms with Gasteiger partial charge in [0.1, 0.15) is 0 Å². The van der Waals surface area contributed by atoms with Gasteiger partial charge in [0.2, 0.25) is 0 Å². The summed E-state index contributed by atoms with van der Waals surface area (Å²) >= 11 is 0. The Hall–Kier alpha value is -0.0703. The topological polar surface area (TPSA) is 256 Å². The summed E-state index contributed by atoms with van der Waals surface area (Å²) in [6.45, 7) is 0. The van der Waals surface area contributed by atoms with Crippen LogP contribution in [0.25, 0.3) is 0 Å². The van der Waals surface area contributed by atoms with Gasteiger partial charge in [0, 0.05) is 0 Å². The first-order chi connectivity index (χ1) is 9.93. The molecule has 126 valence electrons. The zero-order chi connectivity index (χ0) is 18.6. The zero-order valence-corrected chi connectivity index (χ0v) is 13.9. The molecule has 0 fully saturated rings. The van der Waals surface area contributed by atoms with E-state index < -0.39 is 29.3 Å². The normalized spacial score (nSPS) is 6.78. The zero-order valence-electron chi connectivity index (χ0n) is 11.9. The van der Waals surface area contributed by atoms with Crippen LogP contribution in [0, 0.1) is 6.20 Å². The quantitative estimate of drug-likeness (QED) is 0.154. The van der Waals surface area contributed by atoms with Gasteiger partial charge in [-0.25, -0.2) is 0 Å². The van der Waals surface area contributed by atoms with Crippen molar-refractivity contribution >= 4 is 29.3 Å². The molecule has 0 aliphatic rings. The van der Waals surface area contributed by atoms with Gasteiger partial charge in [-0.15, -0.1) is 0 Å². The van der Waals surface area contributed by atoms with Crippen molar-refractivity contribution in [2.45, 2.75) is 0 Å². The van der Waals surface area contributed by atoms with Gasteiger partial charge in [-0.1, -0.05) is 12.4 Å². The minimum atomic E-state index is -2.17. The largest absolute Gasteiger partial charge is 1.00 e. The molecule has 0 spiro atoms. The third-order valence-electron chi connectivity index (χ3n) is 0.517. The van der Waals surface area contributed by atoms with Crippen LogP contribution in [0.5, 0.6) is 0 Å². The van der Waals surface area contributed by atoms with Crippen LogP contribution >= 0.6 is 0 Å². The molecule has 0 aromatic carbocycles. The maximum Gasteiger partial charge on any atom is 1.00 e. The molecule has 0 aliphatic heterocycles. The van der Waals surface area contributed by atoms with E-state index in [1.165, 1.54) is 0 Å². The second-order valence-corrected chi connectivity index (χ2v) is 2.34. The van der Waals surface area contributed by atoms with Crippen molar-refractivity contribution < 1.29 is 89.8 Å². The molecule has 18 heteroatoms. The van der Waals surface area contributed by atoms with Gasteiger partial charge >= 0.3 is 58.8 Å². The van der Waals surface area contributed by atoms with Gasteiger partial charge in [0.05, 0.1) is 0 Å². The summed E-state index contributed by atoms with van der Waals surface area (Å²) in [6.07, 6.45) is 4.34. The van der Waals surface area contributed by atoms with Gasteiger partial charge in [-0.05, 0) is 0 Å². The van der Waals surface area contributed by atoms with Crippen LogP contribution in [0.15, 0.2) is 24.4 Å². The van der Waals surface area contributed by atoms with Crippen molar-refractivity contribution in [3.05, 3.63) is 30.6 Å². The van der Waals surface area contributed by atoms with Crippen molar-refractivity contribution in [2.75, 3.05) is 0 Å². The third kappa shape index (κ3) is 248. The summed E-state index contributed by atoms with van der Waals surface area (Å²) in [6, 6.07) is 5.50. The first-order valence-corrected chi connectivity index (χ1v) is 4.87. The van der Waals surface area contributed by atoms with E-state index >= 15 is 0 Å². The molecule has 1 aromatic heterocycles. The van der Waals surface area contributed by atoms with Gasteiger partial charge in [-0.2, -0.15) is 18.2 Å². The summed E-state index contributed by atoms with van der Waals surface area (Å²) in [5, 5.41) is 86.0. The van der Waals surface area contributed by atoms with Gasteiger partial charge in [-0.3, -0.25) is 0 Å². The molecule has 1 heterocycles. The number of pyridine rings is 1. The fourth-order valence-electron chi connectivity index (χ4n) is 0.277. The molecule has 0 unspecified atom stereocenters. The first-order valence-electron chi connectivity index (χ1n) is 4.87. The monoisotopic (exact) mass is 349 g/mol. The van der Waals surface area contributed by atoms with Crippen molar-refractivity contribution in [1.29, 1.82) is 0 Å². The molecule has 23 heavy (non-hydrogen) atoms. The van der Waals surface area contributed by atoms with Gasteiger partial charge in [0.25, 0.3) is 0 Å². The Kier molecular flexibility index (Phi) is 44.6. The molecule has 0 amide bonds. The van der Waals surface area contributed by atoms with E-state index in [1.807, 2.05) is 12.1 Å². The fraction of sp³-hybridized carbons (Fsp3) is 0. The summed E-state index contributed by atoms with van der Waals surface area (Å²) in [5.41, 5.74) is 0. The minimum Gasteiger partial charge on any atom is -0.402 e. The molecule has 1 aromatic rings. The van der Waals surface area contributed by atoms with Gasteiger partial charge in [0.15, 0.2) is 0 Å². The van der Waals surface area contributed by atoms with Crippen LogP contribution in [-0.2, 0) is 0 Å². The molecule has 0 aliphatic carbocycles. The Morgan fingerprint density at radius 2 is 0.826 bits per heavy atom. The molecular formula is C5H16B4NNaO12. The second kappa shape index (κ2) is 29.9. The third-order valence-corrected chi connectivity index (χ3v) is 0.517. The SMILES string of the molecule is OB(O)O.OB(O)O.OB(O)O.OB(O)O.[Na+].[c-]1ccccn1. The first kappa shape index (κ1) is 34.3. The van der Waals surface area contributed by atoms with Crippen LogP contribution < -0.4 is 29.6 Å². The van der Waals surface area contributed by atoms with Crippen LogP contribution in [0.3, 0.4) is 0 Å². The molecule has 1 rings (SSSR count). The van der Waals surface area contributed by atoms with Crippen LogP contribution in [0.1, 0.15) is 0 Å². The molecule has 13 nitrogen and oxygen atoms in total. The average molecular weight is 348 g/mol.